The number of rotatable bonds is 10. The molecule has 0 aliphatic rings. The molecule has 0 spiro atoms. The second kappa shape index (κ2) is 11.2. The second-order valence-corrected chi connectivity index (χ2v) is 5.89. The highest BCUT2D eigenvalue weighted by atomic mass is 16.5. The van der Waals surface area contributed by atoms with E-state index in [0.29, 0.717) is 19.8 Å². The maximum atomic E-state index is 5.58. The van der Waals surface area contributed by atoms with E-state index in [9.17, 15) is 0 Å². The van der Waals surface area contributed by atoms with Crippen LogP contribution in [0.15, 0.2) is 52.1 Å². The molecule has 26 heavy (non-hydrogen) atoms. The van der Waals surface area contributed by atoms with Crippen molar-refractivity contribution >= 4 is 5.96 Å². The van der Waals surface area contributed by atoms with Gasteiger partial charge >= 0.3 is 0 Å². The minimum absolute atomic E-state index is 0.513. The molecule has 0 aliphatic heterocycles. The Hall–Kier alpha value is -2.47. The first-order chi connectivity index (χ1) is 12.7. The summed E-state index contributed by atoms with van der Waals surface area (Å²) in [5.74, 6) is 2.62. The van der Waals surface area contributed by atoms with E-state index in [-0.39, 0.29) is 0 Å². The largest absolute Gasteiger partial charge is 0.494 e. The summed E-state index contributed by atoms with van der Waals surface area (Å²) >= 11 is 0. The lowest BCUT2D eigenvalue weighted by atomic mass is 10.2. The van der Waals surface area contributed by atoms with Crippen LogP contribution < -0.4 is 10.1 Å². The predicted octanol–water partition coefficient (Wildman–Crippen LogP) is 3.29. The average Bonchev–Trinajstić information content (AvgIpc) is 3.16. The molecule has 142 valence electrons. The van der Waals surface area contributed by atoms with Gasteiger partial charge < -0.3 is 24.1 Å². The molecule has 2 rings (SSSR count). The van der Waals surface area contributed by atoms with E-state index in [2.05, 4.69) is 27.3 Å². The summed E-state index contributed by atoms with van der Waals surface area (Å²) in [6.45, 7) is 5.44. The van der Waals surface area contributed by atoms with Crippen molar-refractivity contribution in [2.75, 3.05) is 33.9 Å². The number of ether oxygens (including phenoxy) is 2. The van der Waals surface area contributed by atoms with E-state index in [1.54, 1.807) is 13.3 Å². The molecule has 0 aliphatic carbocycles. The van der Waals surface area contributed by atoms with Crippen molar-refractivity contribution in [2.45, 2.75) is 26.5 Å². The summed E-state index contributed by atoms with van der Waals surface area (Å²) in [5, 5.41) is 3.36. The van der Waals surface area contributed by atoms with Gasteiger partial charge in [0.1, 0.15) is 18.1 Å². The van der Waals surface area contributed by atoms with E-state index in [4.69, 9.17) is 13.9 Å². The molecule has 6 nitrogen and oxygen atoms in total. The van der Waals surface area contributed by atoms with Gasteiger partial charge in [0.05, 0.1) is 12.9 Å². The van der Waals surface area contributed by atoms with Crippen molar-refractivity contribution in [1.82, 2.24) is 10.2 Å². The van der Waals surface area contributed by atoms with Gasteiger partial charge in [0.2, 0.25) is 0 Å². The lowest BCUT2D eigenvalue weighted by Crippen LogP contribution is -2.39. The van der Waals surface area contributed by atoms with Crippen molar-refractivity contribution in [3.63, 3.8) is 0 Å². The van der Waals surface area contributed by atoms with Crippen LogP contribution in [0.25, 0.3) is 0 Å². The Kier molecular flexibility index (Phi) is 8.55. The molecule has 6 heteroatoms. The van der Waals surface area contributed by atoms with Crippen molar-refractivity contribution in [3.05, 3.63) is 54.0 Å². The number of nitrogens with zero attached hydrogens (tertiary/aromatic N) is 2. The van der Waals surface area contributed by atoms with E-state index in [1.165, 1.54) is 5.56 Å². The molecule has 0 unspecified atom stereocenters. The van der Waals surface area contributed by atoms with Crippen LogP contribution in [0.3, 0.4) is 0 Å². The number of nitrogens with one attached hydrogen (secondary N) is 1. The van der Waals surface area contributed by atoms with Crippen LogP contribution in [0.2, 0.25) is 0 Å². The zero-order valence-corrected chi connectivity index (χ0v) is 15.9. The lowest BCUT2D eigenvalue weighted by molar-refractivity contribution is 0.104. The van der Waals surface area contributed by atoms with Gasteiger partial charge in [-0.1, -0.05) is 12.1 Å². The molecule has 1 N–H and O–H groups in total. The molecular weight excluding hydrogens is 330 g/mol. The fourth-order valence-corrected chi connectivity index (χ4v) is 2.53. The van der Waals surface area contributed by atoms with Gasteiger partial charge in [-0.3, -0.25) is 4.99 Å². The molecule has 0 saturated heterocycles. The SMILES string of the molecule is CCOc1ccc(CN(C)C(=NC)NCCCOCc2ccco2)cc1. The maximum Gasteiger partial charge on any atom is 0.193 e. The Morgan fingerprint density at radius 3 is 2.69 bits per heavy atom. The van der Waals surface area contributed by atoms with Gasteiger partial charge in [-0.25, -0.2) is 0 Å². The fourth-order valence-electron chi connectivity index (χ4n) is 2.53. The fraction of sp³-hybridized carbons (Fsp3) is 0.450. The van der Waals surface area contributed by atoms with Crippen LogP contribution in [0.1, 0.15) is 24.7 Å². The highest BCUT2D eigenvalue weighted by Crippen LogP contribution is 2.13. The third-order valence-corrected chi connectivity index (χ3v) is 3.80. The first-order valence-electron chi connectivity index (χ1n) is 8.96. The van der Waals surface area contributed by atoms with Gasteiger partial charge in [-0.05, 0) is 43.2 Å². The maximum absolute atomic E-state index is 5.58. The van der Waals surface area contributed by atoms with Crippen LogP contribution in [0.5, 0.6) is 5.75 Å². The monoisotopic (exact) mass is 359 g/mol. The second-order valence-electron chi connectivity index (χ2n) is 5.89. The van der Waals surface area contributed by atoms with Crippen molar-refractivity contribution in [1.29, 1.82) is 0 Å². The minimum Gasteiger partial charge on any atom is -0.494 e. The number of aliphatic imine (C=N–C) groups is 1. The summed E-state index contributed by atoms with van der Waals surface area (Å²) in [6, 6.07) is 11.9. The van der Waals surface area contributed by atoms with Crippen LogP contribution in [-0.4, -0.2) is 44.7 Å². The smallest absolute Gasteiger partial charge is 0.193 e. The quantitative estimate of drug-likeness (QED) is 0.401. The molecular formula is C20H29N3O3. The molecule has 1 aromatic heterocycles. The Morgan fingerprint density at radius 2 is 2.04 bits per heavy atom. The van der Waals surface area contributed by atoms with Crippen molar-refractivity contribution in [3.8, 4) is 5.75 Å². The first kappa shape index (κ1) is 19.8. The number of hydrogen-bond acceptors (Lipinski definition) is 4. The van der Waals surface area contributed by atoms with E-state index < -0.39 is 0 Å². The molecule has 0 fully saturated rings. The summed E-state index contributed by atoms with van der Waals surface area (Å²) in [7, 11) is 3.82. The standard InChI is InChI=1S/C20H29N3O3/c1-4-25-18-10-8-17(9-11-18)15-23(3)20(21-2)22-12-6-13-24-16-19-7-5-14-26-19/h5,7-11,14H,4,6,12-13,15-16H2,1-3H3,(H,21,22). The Morgan fingerprint density at radius 1 is 1.23 bits per heavy atom. The molecule has 0 bridgehead atoms. The van der Waals surface area contributed by atoms with Crippen LogP contribution >= 0.6 is 0 Å². The van der Waals surface area contributed by atoms with Crippen molar-refractivity contribution in [2.24, 2.45) is 4.99 Å². The van der Waals surface area contributed by atoms with E-state index >= 15 is 0 Å². The molecule has 0 amide bonds. The number of guanidine groups is 1. The van der Waals surface area contributed by atoms with Crippen molar-refractivity contribution < 1.29 is 13.9 Å². The highest BCUT2D eigenvalue weighted by Gasteiger charge is 2.06. The molecule has 0 saturated carbocycles. The van der Waals surface area contributed by atoms with Gasteiger partial charge in [-0.15, -0.1) is 0 Å². The van der Waals surface area contributed by atoms with Gasteiger partial charge in [0.25, 0.3) is 0 Å². The lowest BCUT2D eigenvalue weighted by Gasteiger charge is -2.22. The molecule has 2 aromatic rings. The van der Waals surface area contributed by atoms with Gasteiger partial charge in [0, 0.05) is 33.8 Å². The molecule has 0 radical (unpaired) electrons. The van der Waals surface area contributed by atoms with Crippen LogP contribution in [-0.2, 0) is 17.9 Å². The Bertz CT molecular complexity index is 639. The normalized spacial score (nSPS) is 11.4. The molecule has 0 atom stereocenters. The summed E-state index contributed by atoms with van der Waals surface area (Å²) < 4.78 is 16.3. The predicted molar refractivity (Wildman–Crippen MR) is 103 cm³/mol. The molecule has 1 heterocycles. The van der Waals surface area contributed by atoms with E-state index in [0.717, 1.165) is 37.0 Å². The average molecular weight is 359 g/mol. The summed E-state index contributed by atoms with van der Waals surface area (Å²) in [5.41, 5.74) is 1.21. The highest BCUT2D eigenvalue weighted by molar-refractivity contribution is 5.79. The topological polar surface area (TPSA) is 59.2 Å². The van der Waals surface area contributed by atoms with Crippen LogP contribution in [0.4, 0.5) is 0 Å². The summed E-state index contributed by atoms with van der Waals surface area (Å²) in [4.78, 5) is 6.44. The third kappa shape index (κ3) is 6.80. The Balaban J connectivity index is 1.66. The minimum atomic E-state index is 0.513. The first-order valence-corrected chi connectivity index (χ1v) is 8.96. The van der Waals surface area contributed by atoms with Gasteiger partial charge in [0.15, 0.2) is 5.96 Å². The van der Waals surface area contributed by atoms with Crippen LogP contribution in [0, 0.1) is 0 Å². The number of benzene rings is 1. The van der Waals surface area contributed by atoms with E-state index in [1.807, 2.05) is 38.2 Å². The third-order valence-electron chi connectivity index (χ3n) is 3.80. The number of furan rings is 1. The zero-order chi connectivity index (χ0) is 18.6. The Labute approximate surface area is 155 Å². The number of hydrogen-bond donors (Lipinski definition) is 1. The molecule has 1 aromatic carbocycles. The zero-order valence-electron chi connectivity index (χ0n) is 15.9. The summed E-state index contributed by atoms with van der Waals surface area (Å²) in [6.07, 6.45) is 2.56. The van der Waals surface area contributed by atoms with Gasteiger partial charge in [-0.2, -0.15) is 0 Å².